The average molecular weight is 382 g/mol. The minimum atomic E-state index is -0.362. The average Bonchev–Trinajstić information content (AvgIpc) is 2.69. The number of hydrogen-bond donors (Lipinski definition) is 0. The van der Waals surface area contributed by atoms with Crippen LogP contribution in [0.15, 0.2) is 82.6 Å². The van der Waals surface area contributed by atoms with Crippen molar-refractivity contribution in [3.8, 4) is 0 Å². The molecule has 0 heterocycles. The molecule has 26 heavy (non-hydrogen) atoms. The SMILES string of the molecule is CSc1ccc(C(c2ccc(SC)cc2)c2ccc([N+](=O)[O-])cc2)cc1. The van der Waals surface area contributed by atoms with Crippen LogP contribution in [0.25, 0.3) is 0 Å². The van der Waals surface area contributed by atoms with E-state index in [2.05, 4.69) is 61.0 Å². The summed E-state index contributed by atoms with van der Waals surface area (Å²) in [6.07, 6.45) is 4.12. The molecule has 5 heteroatoms. The van der Waals surface area contributed by atoms with Crippen molar-refractivity contribution in [2.75, 3.05) is 12.5 Å². The maximum atomic E-state index is 11.0. The highest BCUT2D eigenvalue weighted by Crippen LogP contribution is 2.34. The summed E-state index contributed by atoms with van der Waals surface area (Å²) in [6, 6.07) is 23.9. The first-order valence-electron chi connectivity index (χ1n) is 8.14. The van der Waals surface area contributed by atoms with Crippen LogP contribution in [0.2, 0.25) is 0 Å². The second-order valence-electron chi connectivity index (χ2n) is 5.83. The fourth-order valence-electron chi connectivity index (χ4n) is 2.96. The van der Waals surface area contributed by atoms with E-state index in [0.29, 0.717) is 0 Å². The molecular formula is C21H19NO2S2. The van der Waals surface area contributed by atoms with Crippen molar-refractivity contribution < 1.29 is 4.92 Å². The Bertz CT molecular complexity index is 828. The molecule has 0 spiro atoms. The summed E-state index contributed by atoms with van der Waals surface area (Å²) in [6.45, 7) is 0. The quantitative estimate of drug-likeness (QED) is 0.220. The standard InChI is InChI=1S/C21H19NO2S2/c1-25-19-11-5-16(6-12-19)21(17-7-13-20(26-2)14-8-17)15-3-9-18(10-4-15)22(23)24/h3-14,21H,1-2H3. The number of thioether (sulfide) groups is 2. The molecule has 0 radical (unpaired) electrons. The van der Waals surface area contributed by atoms with E-state index in [9.17, 15) is 10.1 Å². The number of benzene rings is 3. The first-order valence-corrected chi connectivity index (χ1v) is 10.6. The predicted molar refractivity (Wildman–Crippen MR) is 110 cm³/mol. The van der Waals surface area contributed by atoms with Crippen LogP contribution in [-0.2, 0) is 0 Å². The molecule has 0 bridgehead atoms. The van der Waals surface area contributed by atoms with Crippen molar-refractivity contribution in [3.05, 3.63) is 99.6 Å². The molecule has 3 aromatic carbocycles. The van der Waals surface area contributed by atoms with Crippen molar-refractivity contribution in [1.82, 2.24) is 0 Å². The third kappa shape index (κ3) is 4.11. The van der Waals surface area contributed by atoms with E-state index in [1.54, 1.807) is 35.7 Å². The summed E-state index contributed by atoms with van der Waals surface area (Å²) in [4.78, 5) is 13.0. The molecule has 132 valence electrons. The van der Waals surface area contributed by atoms with Crippen LogP contribution in [0, 0.1) is 10.1 Å². The van der Waals surface area contributed by atoms with Crippen LogP contribution in [0.4, 0.5) is 5.69 Å². The molecule has 0 aliphatic heterocycles. The van der Waals surface area contributed by atoms with E-state index in [1.165, 1.54) is 20.9 Å². The topological polar surface area (TPSA) is 43.1 Å². The van der Waals surface area contributed by atoms with E-state index < -0.39 is 0 Å². The van der Waals surface area contributed by atoms with Gasteiger partial charge in [0.2, 0.25) is 0 Å². The molecule has 0 saturated carbocycles. The maximum Gasteiger partial charge on any atom is 0.269 e. The number of nitro groups is 1. The van der Waals surface area contributed by atoms with Gasteiger partial charge in [0.1, 0.15) is 0 Å². The fourth-order valence-corrected chi connectivity index (χ4v) is 3.78. The lowest BCUT2D eigenvalue weighted by Crippen LogP contribution is -2.03. The lowest BCUT2D eigenvalue weighted by Gasteiger charge is -2.19. The molecule has 0 N–H and O–H groups in total. The molecule has 0 fully saturated rings. The van der Waals surface area contributed by atoms with Crippen LogP contribution in [-0.4, -0.2) is 17.4 Å². The zero-order valence-corrected chi connectivity index (χ0v) is 16.2. The van der Waals surface area contributed by atoms with E-state index in [0.717, 1.165) is 5.56 Å². The van der Waals surface area contributed by atoms with Crippen molar-refractivity contribution >= 4 is 29.2 Å². The van der Waals surface area contributed by atoms with Gasteiger partial charge in [-0.2, -0.15) is 0 Å². The second-order valence-corrected chi connectivity index (χ2v) is 7.59. The first kappa shape index (κ1) is 18.5. The van der Waals surface area contributed by atoms with E-state index >= 15 is 0 Å². The Kier molecular flexibility index (Phi) is 6.01. The highest BCUT2D eigenvalue weighted by Gasteiger charge is 2.18. The third-order valence-corrected chi connectivity index (χ3v) is 5.82. The summed E-state index contributed by atoms with van der Waals surface area (Å²) in [5, 5.41) is 11.0. The second kappa shape index (κ2) is 8.43. The Morgan fingerprint density at radius 1 is 0.692 bits per heavy atom. The lowest BCUT2D eigenvalue weighted by atomic mass is 9.85. The smallest absolute Gasteiger partial charge is 0.258 e. The van der Waals surface area contributed by atoms with Gasteiger partial charge in [-0.1, -0.05) is 36.4 Å². The van der Waals surface area contributed by atoms with Gasteiger partial charge in [-0.05, 0) is 53.5 Å². The van der Waals surface area contributed by atoms with Gasteiger partial charge in [0.05, 0.1) is 4.92 Å². The van der Waals surface area contributed by atoms with E-state index in [-0.39, 0.29) is 16.5 Å². The Labute approximate surface area is 162 Å². The molecule has 0 aromatic heterocycles. The molecule has 3 rings (SSSR count). The summed E-state index contributed by atoms with van der Waals surface area (Å²) < 4.78 is 0. The molecule has 3 aromatic rings. The highest BCUT2D eigenvalue weighted by molar-refractivity contribution is 7.98. The molecule has 0 saturated heterocycles. The van der Waals surface area contributed by atoms with Crippen LogP contribution in [0.5, 0.6) is 0 Å². The number of rotatable bonds is 6. The van der Waals surface area contributed by atoms with Crippen molar-refractivity contribution in [2.45, 2.75) is 15.7 Å². The Hall–Kier alpha value is -2.24. The summed E-state index contributed by atoms with van der Waals surface area (Å²) in [7, 11) is 0. The zero-order valence-electron chi connectivity index (χ0n) is 14.6. The van der Waals surface area contributed by atoms with Crippen molar-refractivity contribution in [2.24, 2.45) is 0 Å². The minimum absolute atomic E-state index is 0.0441. The summed E-state index contributed by atoms with van der Waals surface area (Å²) in [5.41, 5.74) is 3.51. The van der Waals surface area contributed by atoms with Gasteiger partial charge in [-0.25, -0.2) is 0 Å². The Morgan fingerprint density at radius 2 is 1.04 bits per heavy atom. The third-order valence-electron chi connectivity index (χ3n) is 4.34. The van der Waals surface area contributed by atoms with Gasteiger partial charge in [-0.3, -0.25) is 10.1 Å². The molecule has 0 atom stereocenters. The van der Waals surface area contributed by atoms with E-state index in [4.69, 9.17) is 0 Å². The molecule has 0 unspecified atom stereocenters. The molecule has 0 amide bonds. The van der Waals surface area contributed by atoms with Crippen LogP contribution >= 0.6 is 23.5 Å². The fraction of sp³-hybridized carbons (Fsp3) is 0.143. The number of nitro benzene ring substituents is 1. The van der Waals surface area contributed by atoms with Gasteiger partial charge >= 0.3 is 0 Å². The van der Waals surface area contributed by atoms with E-state index in [1.807, 2.05) is 12.1 Å². The van der Waals surface area contributed by atoms with Gasteiger partial charge in [0.25, 0.3) is 5.69 Å². The van der Waals surface area contributed by atoms with Crippen LogP contribution in [0.3, 0.4) is 0 Å². The van der Waals surface area contributed by atoms with Gasteiger partial charge < -0.3 is 0 Å². The van der Waals surface area contributed by atoms with Gasteiger partial charge in [-0.15, -0.1) is 23.5 Å². The largest absolute Gasteiger partial charge is 0.269 e. The predicted octanol–water partition coefficient (Wildman–Crippen LogP) is 6.22. The van der Waals surface area contributed by atoms with Crippen molar-refractivity contribution in [1.29, 1.82) is 0 Å². The molecule has 0 aliphatic carbocycles. The van der Waals surface area contributed by atoms with Gasteiger partial charge in [0, 0.05) is 27.8 Å². The Balaban J connectivity index is 2.06. The molecular weight excluding hydrogens is 362 g/mol. The molecule has 3 nitrogen and oxygen atoms in total. The van der Waals surface area contributed by atoms with Gasteiger partial charge in [0.15, 0.2) is 0 Å². The zero-order chi connectivity index (χ0) is 18.5. The summed E-state index contributed by atoms with van der Waals surface area (Å²) >= 11 is 3.43. The summed E-state index contributed by atoms with van der Waals surface area (Å²) in [5.74, 6) is 0.0441. The minimum Gasteiger partial charge on any atom is -0.258 e. The Morgan fingerprint density at radius 3 is 1.35 bits per heavy atom. The molecule has 0 aliphatic rings. The van der Waals surface area contributed by atoms with Crippen LogP contribution in [0.1, 0.15) is 22.6 Å². The number of hydrogen-bond acceptors (Lipinski definition) is 4. The number of nitrogens with zero attached hydrogens (tertiary/aromatic N) is 1. The maximum absolute atomic E-state index is 11.0. The normalized spacial score (nSPS) is 10.9. The lowest BCUT2D eigenvalue weighted by molar-refractivity contribution is -0.384. The van der Waals surface area contributed by atoms with Crippen LogP contribution < -0.4 is 0 Å². The number of non-ortho nitro benzene ring substituents is 1. The van der Waals surface area contributed by atoms with Crippen molar-refractivity contribution in [3.63, 3.8) is 0 Å². The first-order chi connectivity index (χ1) is 12.6. The monoisotopic (exact) mass is 381 g/mol. The highest BCUT2D eigenvalue weighted by atomic mass is 32.2.